The number of nitrogens with one attached hydrogen (secondary N) is 1. The third-order valence-electron chi connectivity index (χ3n) is 2.68. The Balaban J connectivity index is 2.38. The first-order chi connectivity index (χ1) is 10.2. The lowest BCUT2D eigenvalue weighted by molar-refractivity contribution is -0.383. The number of anilines is 2. The molecule has 0 amide bonds. The molecule has 0 atom stereocenters. The molecule has 22 heavy (non-hydrogen) atoms. The summed E-state index contributed by atoms with van der Waals surface area (Å²) in [5.41, 5.74) is 5.00. The molecule has 0 heterocycles. The van der Waals surface area contributed by atoms with Gasteiger partial charge in [0.1, 0.15) is 5.69 Å². The average molecular weight is 362 g/mol. The molecule has 0 aliphatic heterocycles. The minimum atomic E-state index is -3.96. The molecule has 116 valence electrons. The first-order valence-corrected chi connectivity index (χ1v) is 7.96. The standard InChI is InChI=1S/C12H9Cl2N3O4S/c13-9-3-2-8(6-10(9)14)22(20,21)16-7-1-4-11(15)12(5-7)17(18)19/h1-6,16H,15H2. The van der Waals surface area contributed by atoms with Gasteiger partial charge in [0.2, 0.25) is 0 Å². The molecule has 0 saturated carbocycles. The van der Waals surface area contributed by atoms with Gasteiger partial charge >= 0.3 is 0 Å². The molecule has 10 heteroatoms. The molecule has 0 saturated heterocycles. The zero-order chi connectivity index (χ0) is 16.5. The Morgan fingerprint density at radius 1 is 1.09 bits per heavy atom. The highest BCUT2D eigenvalue weighted by Crippen LogP contribution is 2.28. The third kappa shape index (κ3) is 3.41. The number of nitrogen functional groups attached to an aromatic ring is 1. The van der Waals surface area contributed by atoms with E-state index in [0.717, 1.165) is 6.07 Å². The Morgan fingerprint density at radius 3 is 2.36 bits per heavy atom. The molecule has 0 aliphatic rings. The molecule has 7 nitrogen and oxygen atoms in total. The maximum atomic E-state index is 12.2. The summed E-state index contributed by atoms with van der Waals surface area (Å²) in [5, 5.41) is 11.1. The summed E-state index contributed by atoms with van der Waals surface area (Å²) in [5.74, 6) is 0. The Morgan fingerprint density at radius 2 is 1.77 bits per heavy atom. The molecular weight excluding hydrogens is 353 g/mol. The lowest BCUT2D eigenvalue weighted by Gasteiger charge is -2.09. The Kier molecular flexibility index (Phi) is 4.45. The van der Waals surface area contributed by atoms with Crippen molar-refractivity contribution < 1.29 is 13.3 Å². The van der Waals surface area contributed by atoms with Gasteiger partial charge in [0.15, 0.2) is 0 Å². The van der Waals surface area contributed by atoms with E-state index in [1.807, 2.05) is 0 Å². The van der Waals surface area contributed by atoms with Crippen LogP contribution in [-0.4, -0.2) is 13.3 Å². The first-order valence-electron chi connectivity index (χ1n) is 5.72. The van der Waals surface area contributed by atoms with E-state index in [1.54, 1.807) is 0 Å². The summed E-state index contributed by atoms with van der Waals surface area (Å²) in [6.07, 6.45) is 0. The molecule has 0 bridgehead atoms. The van der Waals surface area contributed by atoms with Gasteiger partial charge < -0.3 is 5.73 Å². The van der Waals surface area contributed by atoms with E-state index < -0.39 is 20.6 Å². The van der Waals surface area contributed by atoms with Crippen molar-refractivity contribution in [3.63, 3.8) is 0 Å². The number of hydrogen-bond donors (Lipinski definition) is 2. The number of halogens is 2. The van der Waals surface area contributed by atoms with Gasteiger partial charge in [-0.25, -0.2) is 8.42 Å². The molecule has 0 spiro atoms. The Labute approximate surface area is 135 Å². The summed E-state index contributed by atoms with van der Waals surface area (Å²) in [6, 6.07) is 7.37. The fraction of sp³-hybridized carbons (Fsp3) is 0. The van der Waals surface area contributed by atoms with Crippen molar-refractivity contribution in [1.82, 2.24) is 0 Å². The summed E-state index contributed by atoms with van der Waals surface area (Å²) >= 11 is 11.5. The van der Waals surface area contributed by atoms with Crippen LogP contribution in [0.4, 0.5) is 17.1 Å². The molecular formula is C12H9Cl2N3O4S. The second-order valence-corrected chi connectivity index (χ2v) is 6.71. The smallest absolute Gasteiger partial charge is 0.294 e. The number of nitro groups is 1. The predicted molar refractivity (Wildman–Crippen MR) is 84.8 cm³/mol. The van der Waals surface area contributed by atoms with Crippen LogP contribution in [0.3, 0.4) is 0 Å². The van der Waals surface area contributed by atoms with Crippen LogP contribution in [0.25, 0.3) is 0 Å². The quantitative estimate of drug-likeness (QED) is 0.492. The van der Waals surface area contributed by atoms with E-state index in [9.17, 15) is 18.5 Å². The van der Waals surface area contributed by atoms with Crippen LogP contribution in [0.5, 0.6) is 0 Å². The molecule has 2 aromatic rings. The third-order valence-corrected chi connectivity index (χ3v) is 4.80. The van der Waals surface area contributed by atoms with Crippen LogP contribution in [0.2, 0.25) is 10.0 Å². The van der Waals surface area contributed by atoms with Crippen molar-refractivity contribution in [2.24, 2.45) is 0 Å². The van der Waals surface area contributed by atoms with Crippen LogP contribution in [0.1, 0.15) is 0 Å². The van der Waals surface area contributed by atoms with Gasteiger partial charge in [-0.05, 0) is 30.3 Å². The number of hydrogen-bond acceptors (Lipinski definition) is 5. The van der Waals surface area contributed by atoms with Gasteiger partial charge in [-0.15, -0.1) is 0 Å². The zero-order valence-electron chi connectivity index (χ0n) is 10.8. The van der Waals surface area contributed by atoms with Crippen molar-refractivity contribution in [2.75, 3.05) is 10.5 Å². The lowest BCUT2D eigenvalue weighted by atomic mass is 10.2. The molecule has 2 aromatic carbocycles. The fourth-order valence-electron chi connectivity index (χ4n) is 1.62. The summed E-state index contributed by atoms with van der Waals surface area (Å²) in [6.45, 7) is 0. The van der Waals surface area contributed by atoms with Crippen molar-refractivity contribution in [3.05, 3.63) is 56.6 Å². The van der Waals surface area contributed by atoms with E-state index in [2.05, 4.69) is 4.72 Å². The van der Waals surface area contributed by atoms with Gasteiger partial charge in [0, 0.05) is 6.07 Å². The highest BCUT2D eigenvalue weighted by Gasteiger charge is 2.18. The van der Waals surface area contributed by atoms with Crippen molar-refractivity contribution in [1.29, 1.82) is 0 Å². The number of nitro benzene ring substituents is 1. The Bertz CT molecular complexity index is 855. The van der Waals surface area contributed by atoms with E-state index in [-0.39, 0.29) is 26.3 Å². The van der Waals surface area contributed by atoms with Crippen LogP contribution in [0, 0.1) is 10.1 Å². The SMILES string of the molecule is Nc1ccc(NS(=O)(=O)c2ccc(Cl)c(Cl)c2)cc1[N+](=O)[O-]. The van der Waals surface area contributed by atoms with Crippen LogP contribution in [0.15, 0.2) is 41.3 Å². The normalized spacial score (nSPS) is 11.2. The molecule has 0 aliphatic carbocycles. The molecule has 0 fully saturated rings. The first kappa shape index (κ1) is 16.3. The number of rotatable bonds is 4. The minimum Gasteiger partial charge on any atom is -0.393 e. The van der Waals surface area contributed by atoms with E-state index >= 15 is 0 Å². The van der Waals surface area contributed by atoms with E-state index in [1.165, 1.54) is 30.3 Å². The average Bonchev–Trinajstić information content (AvgIpc) is 2.43. The van der Waals surface area contributed by atoms with E-state index in [4.69, 9.17) is 28.9 Å². The predicted octanol–water partition coefficient (Wildman–Crippen LogP) is 3.28. The molecule has 0 unspecified atom stereocenters. The number of benzene rings is 2. The molecule has 0 radical (unpaired) electrons. The highest BCUT2D eigenvalue weighted by atomic mass is 35.5. The van der Waals surface area contributed by atoms with Gasteiger partial charge in [-0.2, -0.15) is 0 Å². The van der Waals surface area contributed by atoms with Crippen LogP contribution < -0.4 is 10.5 Å². The largest absolute Gasteiger partial charge is 0.393 e. The number of nitrogens with two attached hydrogens (primary N) is 1. The number of nitrogens with zero attached hydrogens (tertiary/aromatic N) is 1. The van der Waals surface area contributed by atoms with Crippen LogP contribution in [-0.2, 0) is 10.0 Å². The van der Waals surface area contributed by atoms with Crippen molar-refractivity contribution >= 4 is 50.3 Å². The molecule has 2 rings (SSSR count). The van der Waals surface area contributed by atoms with Gasteiger partial charge in [0.05, 0.1) is 25.6 Å². The molecule has 0 aromatic heterocycles. The maximum Gasteiger partial charge on any atom is 0.294 e. The van der Waals surface area contributed by atoms with Crippen LogP contribution >= 0.6 is 23.2 Å². The highest BCUT2D eigenvalue weighted by molar-refractivity contribution is 7.92. The van der Waals surface area contributed by atoms with Gasteiger partial charge in [-0.3, -0.25) is 14.8 Å². The monoisotopic (exact) mass is 361 g/mol. The Hall–Kier alpha value is -2.03. The van der Waals surface area contributed by atoms with Gasteiger partial charge in [-0.1, -0.05) is 23.2 Å². The second kappa shape index (κ2) is 5.99. The fourth-order valence-corrected chi connectivity index (χ4v) is 3.06. The van der Waals surface area contributed by atoms with Gasteiger partial charge in [0.25, 0.3) is 15.7 Å². The summed E-state index contributed by atoms with van der Waals surface area (Å²) < 4.78 is 26.6. The van der Waals surface area contributed by atoms with E-state index in [0.29, 0.717) is 0 Å². The number of sulfonamides is 1. The maximum absolute atomic E-state index is 12.2. The lowest BCUT2D eigenvalue weighted by Crippen LogP contribution is -2.13. The zero-order valence-corrected chi connectivity index (χ0v) is 13.1. The summed E-state index contributed by atoms with van der Waals surface area (Å²) in [7, 11) is -3.96. The molecule has 3 N–H and O–H groups in total. The topological polar surface area (TPSA) is 115 Å². The minimum absolute atomic E-state index is 0.00646. The van der Waals surface area contributed by atoms with Crippen molar-refractivity contribution in [2.45, 2.75) is 4.90 Å². The van der Waals surface area contributed by atoms with Crippen molar-refractivity contribution in [3.8, 4) is 0 Å². The summed E-state index contributed by atoms with van der Waals surface area (Å²) in [4.78, 5) is 9.98. The second-order valence-electron chi connectivity index (χ2n) is 4.21.